The molecule has 4 bridgehead atoms. The van der Waals surface area contributed by atoms with E-state index in [1.807, 2.05) is 0 Å². The van der Waals surface area contributed by atoms with E-state index < -0.39 is 24.0 Å². The predicted molar refractivity (Wildman–Crippen MR) is 88.5 cm³/mol. The highest BCUT2D eigenvalue weighted by molar-refractivity contribution is 6.24. The fourth-order valence-electron chi connectivity index (χ4n) is 5.13. The molecule has 2 N–H and O–H groups in total. The number of hydrogen-bond acceptors (Lipinski definition) is 4. The minimum Gasteiger partial charge on any atom is -0.455 e. The Labute approximate surface area is 147 Å². The largest absolute Gasteiger partial charge is 0.455 e. The first-order chi connectivity index (χ1) is 11.2. The molecular formula is C17H25ClN2O4. The fraction of sp³-hybridized carbons (Fsp3) is 0.824. The van der Waals surface area contributed by atoms with Gasteiger partial charge in [0.15, 0.2) is 6.61 Å². The molecule has 4 fully saturated rings. The zero-order valence-electron chi connectivity index (χ0n) is 14.2. The number of hydrogen-bond donors (Lipinski definition) is 2. The third-order valence-corrected chi connectivity index (χ3v) is 5.87. The van der Waals surface area contributed by atoms with Crippen molar-refractivity contribution < 1.29 is 19.1 Å². The Morgan fingerprint density at radius 1 is 1.17 bits per heavy atom. The first-order valence-corrected chi connectivity index (χ1v) is 9.04. The molecule has 0 aromatic heterocycles. The SMILES string of the molecule is CC(C)NC(=O)NC(=O)COC(=O)C12C[C@@H]3C[C@@H](CC(Cl)(C3)C1)C2. The molecule has 0 aliphatic heterocycles. The van der Waals surface area contributed by atoms with Gasteiger partial charge in [-0.15, -0.1) is 11.6 Å². The van der Waals surface area contributed by atoms with E-state index in [1.54, 1.807) is 13.8 Å². The summed E-state index contributed by atoms with van der Waals surface area (Å²) in [6.45, 7) is 3.15. The van der Waals surface area contributed by atoms with Crippen LogP contribution in [0.5, 0.6) is 0 Å². The van der Waals surface area contributed by atoms with Gasteiger partial charge in [-0.05, 0) is 64.2 Å². The Morgan fingerprint density at radius 2 is 1.79 bits per heavy atom. The molecule has 0 saturated heterocycles. The van der Waals surface area contributed by atoms with Crippen LogP contribution in [0.25, 0.3) is 0 Å². The van der Waals surface area contributed by atoms with Crippen molar-refractivity contribution in [1.29, 1.82) is 0 Å². The summed E-state index contributed by atoms with van der Waals surface area (Å²) in [5, 5.41) is 4.70. The van der Waals surface area contributed by atoms with Crippen LogP contribution >= 0.6 is 11.6 Å². The molecule has 4 rings (SSSR count). The molecule has 4 atom stereocenters. The first-order valence-electron chi connectivity index (χ1n) is 8.66. The van der Waals surface area contributed by atoms with Gasteiger partial charge in [-0.1, -0.05) is 0 Å². The van der Waals surface area contributed by atoms with Crippen LogP contribution < -0.4 is 10.6 Å². The summed E-state index contributed by atoms with van der Waals surface area (Å²) < 4.78 is 5.25. The summed E-state index contributed by atoms with van der Waals surface area (Å²) in [5.41, 5.74) is -0.535. The average Bonchev–Trinajstić information content (AvgIpc) is 2.40. The van der Waals surface area contributed by atoms with Crippen LogP contribution in [0.3, 0.4) is 0 Å². The molecule has 7 heteroatoms. The van der Waals surface area contributed by atoms with Crippen molar-refractivity contribution in [2.75, 3.05) is 6.61 Å². The van der Waals surface area contributed by atoms with E-state index in [9.17, 15) is 14.4 Å². The highest BCUT2D eigenvalue weighted by Gasteiger charge is 2.60. The second-order valence-electron chi connectivity index (χ2n) is 8.14. The van der Waals surface area contributed by atoms with Crippen molar-refractivity contribution >= 4 is 29.5 Å². The van der Waals surface area contributed by atoms with E-state index in [0.717, 1.165) is 32.1 Å². The van der Waals surface area contributed by atoms with E-state index in [2.05, 4.69) is 10.6 Å². The minimum absolute atomic E-state index is 0.0766. The van der Waals surface area contributed by atoms with Crippen molar-refractivity contribution in [2.45, 2.75) is 63.3 Å². The highest BCUT2D eigenvalue weighted by atomic mass is 35.5. The molecule has 0 heterocycles. The maximum Gasteiger partial charge on any atom is 0.321 e. The van der Waals surface area contributed by atoms with Crippen LogP contribution in [0, 0.1) is 17.3 Å². The van der Waals surface area contributed by atoms with Gasteiger partial charge in [0.25, 0.3) is 5.91 Å². The maximum atomic E-state index is 12.6. The van der Waals surface area contributed by atoms with Crippen molar-refractivity contribution in [2.24, 2.45) is 17.3 Å². The van der Waals surface area contributed by atoms with Crippen LogP contribution in [0.4, 0.5) is 4.79 Å². The first kappa shape index (κ1) is 17.5. The Kier molecular flexibility index (Phi) is 4.53. The van der Waals surface area contributed by atoms with Crippen molar-refractivity contribution in [3.8, 4) is 0 Å². The molecule has 134 valence electrons. The summed E-state index contributed by atoms with van der Waals surface area (Å²) in [4.78, 5) is 35.6. The van der Waals surface area contributed by atoms with E-state index in [1.165, 1.54) is 0 Å². The lowest BCUT2D eigenvalue weighted by atomic mass is 9.49. The number of esters is 1. The molecule has 3 amide bonds. The number of carbonyl (C=O) groups is 3. The number of urea groups is 1. The highest BCUT2D eigenvalue weighted by Crippen LogP contribution is 2.64. The molecule has 0 radical (unpaired) electrons. The number of halogens is 1. The number of rotatable bonds is 4. The smallest absolute Gasteiger partial charge is 0.321 e. The van der Waals surface area contributed by atoms with Crippen molar-refractivity contribution in [3.63, 3.8) is 0 Å². The number of amides is 3. The Bertz CT molecular complexity index is 549. The van der Waals surface area contributed by atoms with Crippen LogP contribution in [-0.2, 0) is 14.3 Å². The topological polar surface area (TPSA) is 84.5 Å². The summed E-state index contributed by atoms with van der Waals surface area (Å²) in [6.07, 6.45) is 5.38. The second kappa shape index (κ2) is 6.21. The van der Waals surface area contributed by atoms with Gasteiger partial charge in [0.2, 0.25) is 0 Å². The Hall–Kier alpha value is -1.30. The standard InChI is InChI=1S/C17H25ClN2O4/c1-10(2)19-15(23)20-13(21)8-24-14(22)16-4-11-3-12(5-16)7-17(18,6-11)9-16/h10-12H,3-9H2,1-2H3,(H2,19,20,21,23)/t11-,12+,16?,17?. The van der Waals surface area contributed by atoms with E-state index in [-0.39, 0.29) is 16.9 Å². The average molecular weight is 357 g/mol. The summed E-state index contributed by atoms with van der Waals surface area (Å²) in [5.74, 6) is 0.0248. The van der Waals surface area contributed by atoms with Crippen molar-refractivity contribution in [1.82, 2.24) is 10.6 Å². The molecule has 0 spiro atoms. The molecule has 4 aliphatic rings. The Morgan fingerprint density at radius 3 is 2.33 bits per heavy atom. The van der Waals surface area contributed by atoms with Crippen LogP contribution in [0.15, 0.2) is 0 Å². The molecule has 4 aliphatic carbocycles. The molecule has 2 unspecified atom stereocenters. The second-order valence-corrected chi connectivity index (χ2v) is 8.95. The lowest BCUT2D eigenvalue weighted by Crippen LogP contribution is -2.56. The van der Waals surface area contributed by atoms with Crippen LogP contribution in [0.1, 0.15) is 52.4 Å². The van der Waals surface area contributed by atoms with Crippen LogP contribution in [-0.4, -0.2) is 35.4 Å². The maximum absolute atomic E-state index is 12.6. The quantitative estimate of drug-likeness (QED) is 0.598. The van der Waals surface area contributed by atoms with Gasteiger partial charge in [-0.3, -0.25) is 14.9 Å². The third-order valence-electron chi connectivity index (χ3n) is 5.43. The van der Waals surface area contributed by atoms with Gasteiger partial charge in [-0.25, -0.2) is 4.79 Å². The predicted octanol–water partition coefficient (Wildman–Crippen LogP) is 2.34. The molecule has 4 saturated carbocycles. The van der Waals surface area contributed by atoms with Gasteiger partial charge in [0.05, 0.1) is 5.41 Å². The number of alkyl halides is 1. The van der Waals surface area contributed by atoms with E-state index in [0.29, 0.717) is 18.3 Å². The fourth-order valence-corrected chi connectivity index (χ4v) is 5.83. The number of carbonyl (C=O) groups excluding carboxylic acids is 3. The van der Waals surface area contributed by atoms with Crippen LogP contribution in [0.2, 0.25) is 0 Å². The summed E-state index contributed by atoms with van der Waals surface area (Å²) >= 11 is 6.70. The number of nitrogens with one attached hydrogen (secondary N) is 2. The van der Waals surface area contributed by atoms with Gasteiger partial charge in [0.1, 0.15) is 0 Å². The zero-order chi connectivity index (χ0) is 17.5. The lowest BCUT2D eigenvalue weighted by Gasteiger charge is -2.58. The molecule has 6 nitrogen and oxygen atoms in total. The molecule has 0 aromatic rings. The van der Waals surface area contributed by atoms with Gasteiger partial charge >= 0.3 is 12.0 Å². The minimum atomic E-state index is -0.619. The van der Waals surface area contributed by atoms with Gasteiger partial charge in [-0.2, -0.15) is 0 Å². The lowest BCUT2D eigenvalue weighted by molar-refractivity contribution is -0.171. The molecular weight excluding hydrogens is 332 g/mol. The normalized spacial score (nSPS) is 36.5. The Balaban J connectivity index is 1.54. The third kappa shape index (κ3) is 3.53. The van der Waals surface area contributed by atoms with Crippen molar-refractivity contribution in [3.05, 3.63) is 0 Å². The van der Waals surface area contributed by atoms with Gasteiger partial charge in [0, 0.05) is 10.9 Å². The van der Waals surface area contributed by atoms with E-state index in [4.69, 9.17) is 16.3 Å². The van der Waals surface area contributed by atoms with Gasteiger partial charge < -0.3 is 10.1 Å². The van der Waals surface area contributed by atoms with E-state index >= 15 is 0 Å². The molecule has 0 aromatic carbocycles. The summed E-state index contributed by atoms with van der Waals surface area (Å²) in [7, 11) is 0. The summed E-state index contributed by atoms with van der Waals surface area (Å²) in [6, 6.07) is -0.659. The molecule has 24 heavy (non-hydrogen) atoms. The zero-order valence-corrected chi connectivity index (χ0v) is 14.9. The number of ether oxygens (including phenoxy) is 1. The number of imide groups is 1. The monoisotopic (exact) mass is 356 g/mol.